The van der Waals surface area contributed by atoms with E-state index >= 15 is 0 Å². The Hall–Kier alpha value is -0.515. The summed E-state index contributed by atoms with van der Waals surface area (Å²) in [7, 11) is -1.43. The Morgan fingerprint density at radius 1 is 1.60 bits per heavy atom. The van der Waals surface area contributed by atoms with Crippen LogP contribution in [0.4, 0.5) is 5.69 Å². The van der Waals surface area contributed by atoms with Gasteiger partial charge < -0.3 is 15.8 Å². The van der Waals surface area contributed by atoms with E-state index in [9.17, 15) is 0 Å². The SMILES string of the molecule is Cc1csc(B(O)O)c1N. The van der Waals surface area contributed by atoms with Crippen molar-refractivity contribution in [2.45, 2.75) is 6.92 Å². The molecule has 0 aliphatic carbocycles. The van der Waals surface area contributed by atoms with Crippen LogP contribution in [0.3, 0.4) is 0 Å². The van der Waals surface area contributed by atoms with Crippen molar-refractivity contribution in [1.82, 2.24) is 0 Å². The van der Waals surface area contributed by atoms with Crippen LogP contribution in [0.1, 0.15) is 5.56 Å². The van der Waals surface area contributed by atoms with Crippen LogP contribution in [0.25, 0.3) is 0 Å². The van der Waals surface area contributed by atoms with Crippen LogP contribution in [0.2, 0.25) is 0 Å². The predicted molar refractivity (Wildman–Crippen MR) is 43.3 cm³/mol. The molecule has 10 heavy (non-hydrogen) atoms. The lowest BCUT2D eigenvalue weighted by Crippen LogP contribution is -2.29. The van der Waals surface area contributed by atoms with Crippen LogP contribution >= 0.6 is 11.3 Å². The molecule has 0 saturated heterocycles. The van der Waals surface area contributed by atoms with Gasteiger partial charge in [-0.25, -0.2) is 0 Å². The zero-order valence-electron chi connectivity index (χ0n) is 5.53. The molecule has 1 rings (SSSR count). The van der Waals surface area contributed by atoms with Crippen molar-refractivity contribution in [1.29, 1.82) is 0 Å². The van der Waals surface area contributed by atoms with Gasteiger partial charge in [0.05, 0.1) is 4.78 Å². The van der Waals surface area contributed by atoms with Crippen LogP contribution in [0.5, 0.6) is 0 Å². The van der Waals surface area contributed by atoms with Gasteiger partial charge in [0.15, 0.2) is 0 Å². The maximum atomic E-state index is 8.70. The molecule has 0 amide bonds. The van der Waals surface area contributed by atoms with E-state index in [0.717, 1.165) is 5.56 Å². The summed E-state index contributed by atoms with van der Waals surface area (Å²) in [6.07, 6.45) is 0. The number of aryl methyl sites for hydroxylation is 1. The molecule has 5 heteroatoms. The highest BCUT2D eigenvalue weighted by Crippen LogP contribution is 2.12. The molecule has 1 heterocycles. The number of nitrogen functional groups attached to an aromatic ring is 1. The molecule has 0 spiro atoms. The van der Waals surface area contributed by atoms with E-state index in [1.165, 1.54) is 11.3 Å². The second-order valence-electron chi connectivity index (χ2n) is 2.07. The number of thiophene rings is 1. The van der Waals surface area contributed by atoms with Crippen molar-refractivity contribution in [3.05, 3.63) is 10.9 Å². The second kappa shape index (κ2) is 2.61. The maximum absolute atomic E-state index is 8.70. The Bertz CT molecular complexity index is 236. The highest BCUT2D eigenvalue weighted by molar-refractivity contribution is 7.21. The van der Waals surface area contributed by atoms with E-state index in [-0.39, 0.29) is 0 Å². The van der Waals surface area contributed by atoms with Crippen LogP contribution in [0, 0.1) is 6.92 Å². The van der Waals surface area contributed by atoms with Gasteiger partial charge in [-0.2, -0.15) is 11.3 Å². The minimum absolute atomic E-state index is 0.428. The summed E-state index contributed by atoms with van der Waals surface area (Å²) >= 11 is 1.26. The minimum Gasteiger partial charge on any atom is -0.423 e. The van der Waals surface area contributed by atoms with E-state index < -0.39 is 7.12 Å². The lowest BCUT2D eigenvalue weighted by Gasteiger charge is -1.95. The highest BCUT2D eigenvalue weighted by Gasteiger charge is 2.17. The van der Waals surface area contributed by atoms with Gasteiger partial charge in [0.25, 0.3) is 0 Å². The number of hydrogen-bond acceptors (Lipinski definition) is 4. The molecule has 0 aromatic carbocycles. The standard InChI is InChI=1S/C5H8BNO2S/c1-3-2-10-5(4(3)7)6(8)9/h2,8-9H,7H2,1H3. The third-order valence-electron chi connectivity index (χ3n) is 1.29. The molecule has 0 aliphatic rings. The Kier molecular flexibility index (Phi) is 1.98. The van der Waals surface area contributed by atoms with Crippen molar-refractivity contribution >= 4 is 28.9 Å². The van der Waals surface area contributed by atoms with Gasteiger partial charge in [-0.1, -0.05) is 0 Å². The highest BCUT2D eigenvalue weighted by atomic mass is 32.1. The molecule has 0 aliphatic heterocycles. The first-order valence-corrected chi connectivity index (χ1v) is 3.70. The predicted octanol–water partition coefficient (Wildman–Crippen LogP) is -0.681. The van der Waals surface area contributed by atoms with E-state index in [1.54, 1.807) is 5.38 Å². The lowest BCUT2D eigenvalue weighted by molar-refractivity contribution is 0.427. The number of rotatable bonds is 1. The van der Waals surface area contributed by atoms with E-state index in [1.807, 2.05) is 6.92 Å². The average molecular weight is 157 g/mol. The van der Waals surface area contributed by atoms with Crippen molar-refractivity contribution in [2.75, 3.05) is 5.73 Å². The second-order valence-corrected chi connectivity index (χ2v) is 2.98. The third-order valence-corrected chi connectivity index (χ3v) is 2.44. The van der Waals surface area contributed by atoms with Crippen molar-refractivity contribution < 1.29 is 10.0 Å². The first-order valence-electron chi connectivity index (χ1n) is 2.82. The molecular weight excluding hydrogens is 149 g/mol. The van der Waals surface area contributed by atoms with Crippen LogP contribution < -0.4 is 10.5 Å². The van der Waals surface area contributed by atoms with E-state index in [4.69, 9.17) is 15.8 Å². The van der Waals surface area contributed by atoms with Crippen LogP contribution in [-0.4, -0.2) is 17.2 Å². The van der Waals surface area contributed by atoms with Gasteiger partial charge in [0, 0.05) is 5.69 Å². The normalized spacial score (nSPS) is 9.90. The Balaban J connectivity index is 3.05. The van der Waals surface area contributed by atoms with Gasteiger partial charge in [0.1, 0.15) is 0 Å². The molecule has 54 valence electrons. The number of hydrogen-bond donors (Lipinski definition) is 3. The summed E-state index contributed by atoms with van der Waals surface area (Å²) in [6.45, 7) is 1.83. The van der Waals surface area contributed by atoms with Crippen LogP contribution in [0.15, 0.2) is 5.38 Å². The molecule has 0 atom stereocenters. The molecule has 1 aromatic rings. The van der Waals surface area contributed by atoms with Gasteiger partial charge in [-0.15, -0.1) is 0 Å². The smallest absolute Gasteiger partial charge is 0.423 e. The largest absolute Gasteiger partial charge is 0.501 e. The first-order chi connectivity index (χ1) is 4.63. The van der Waals surface area contributed by atoms with Gasteiger partial charge in [-0.05, 0) is 17.9 Å². The maximum Gasteiger partial charge on any atom is 0.501 e. The Labute approximate surface area is 63.3 Å². The molecule has 0 unspecified atom stereocenters. The molecule has 0 radical (unpaired) electrons. The Morgan fingerprint density at radius 3 is 2.40 bits per heavy atom. The van der Waals surface area contributed by atoms with Crippen molar-refractivity contribution in [2.24, 2.45) is 0 Å². The summed E-state index contributed by atoms with van der Waals surface area (Å²) in [4.78, 5) is 0. The fraction of sp³-hybridized carbons (Fsp3) is 0.200. The first kappa shape index (κ1) is 7.59. The zero-order valence-corrected chi connectivity index (χ0v) is 6.35. The van der Waals surface area contributed by atoms with Gasteiger partial charge >= 0.3 is 7.12 Å². The summed E-state index contributed by atoms with van der Waals surface area (Å²) < 4.78 is 0.428. The van der Waals surface area contributed by atoms with E-state index in [0.29, 0.717) is 10.5 Å². The quantitative estimate of drug-likeness (QED) is 0.473. The molecule has 0 saturated carbocycles. The van der Waals surface area contributed by atoms with Crippen molar-refractivity contribution in [3.63, 3.8) is 0 Å². The van der Waals surface area contributed by atoms with Crippen LogP contribution in [-0.2, 0) is 0 Å². The minimum atomic E-state index is -1.43. The summed E-state index contributed by atoms with van der Waals surface area (Å²) in [5.41, 5.74) is 6.88. The molecule has 0 bridgehead atoms. The average Bonchev–Trinajstić information content (AvgIpc) is 2.14. The molecule has 1 aromatic heterocycles. The molecule has 3 nitrogen and oxygen atoms in total. The van der Waals surface area contributed by atoms with Crippen molar-refractivity contribution in [3.8, 4) is 0 Å². The fourth-order valence-electron chi connectivity index (χ4n) is 0.673. The molecule has 4 N–H and O–H groups in total. The summed E-state index contributed by atoms with van der Waals surface area (Å²) in [5.74, 6) is 0. The zero-order chi connectivity index (χ0) is 7.72. The molecule has 0 fully saturated rings. The van der Waals surface area contributed by atoms with E-state index in [2.05, 4.69) is 0 Å². The topological polar surface area (TPSA) is 66.5 Å². The third kappa shape index (κ3) is 1.16. The number of nitrogens with two attached hydrogens (primary N) is 1. The van der Waals surface area contributed by atoms with Gasteiger partial charge in [0.2, 0.25) is 0 Å². The van der Waals surface area contributed by atoms with Gasteiger partial charge in [-0.3, -0.25) is 0 Å². The number of anilines is 1. The summed E-state index contributed by atoms with van der Waals surface area (Å²) in [6, 6.07) is 0. The monoisotopic (exact) mass is 157 g/mol. The lowest BCUT2D eigenvalue weighted by atomic mass is 9.88. The molecular formula is C5H8BNO2S. The fourth-order valence-corrected chi connectivity index (χ4v) is 1.51. The summed E-state index contributed by atoms with van der Waals surface area (Å²) in [5, 5.41) is 19.2. The Morgan fingerprint density at radius 2 is 2.20 bits per heavy atom.